The molecule has 0 fully saturated rings. The van der Waals surface area contributed by atoms with E-state index < -0.39 is 0 Å². The lowest BCUT2D eigenvalue weighted by molar-refractivity contribution is 0.738. The first-order chi connectivity index (χ1) is 7.31. The molecule has 1 aliphatic heterocycles. The number of aromatic nitrogens is 2. The third-order valence-electron chi connectivity index (χ3n) is 2.49. The summed E-state index contributed by atoms with van der Waals surface area (Å²) in [6.07, 6.45) is 1.71. The molecule has 5 heteroatoms. The van der Waals surface area contributed by atoms with Gasteiger partial charge in [-0.15, -0.1) is 0 Å². The molecule has 0 spiro atoms. The predicted octanol–water partition coefficient (Wildman–Crippen LogP) is 0.321. The molecule has 2 N–H and O–H groups in total. The monoisotopic (exact) mass is 225 g/mol. The quantitative estimate of drug-likeness (QED) is 0.778. The van der Waals surface area contributed by atoms with E-state index in [2.05, 4.69) is 15.3 Å². The van der Waals surface area contributed by atoms with Crippen LogP contribution in [0.15, 0.2) is 4.79 Å². The highest BCUT2D eigenvalue weighted by Gasteiger charge is 2.15. The van der Waals surface area contributed by atoms with Gasteiger partial charge in [0.2, 0.25) is 0 Å². The van der Waals surface area contributed by atoms with Gasteiger partial charge in [-0.1, -0.05) is 0 Å². The highest BCUT2D eigenvalue weighted by Crippen LogP contribution is 2.19. The van der Waals surface area contributed by atoms with Crippen LogP contribution in [0.5, 0.6) is 0 Å². The summed E-state index contributed by atoms with van der Waals surface area (Å²) in [5, 5.41) is 3.05. The largest absolute Gasteiger partial charge is 0.319 e. The fourth-order valence-corrected chi connectivity index (χ4v) is 2.64. The smallest absolute Gasteiger partial charge is 0.255 e. The molecule has 4 nitrogen and oxygen atoms in total. The molecule has 0 aliphatic carbocycles. The standard InChI is InChI=1S/C10H15N3OS/c1-11-4-2-9-12-8-3-5-15-6-7(8)10(14)13-9/h11H,2-6H2,1H3,(H,12,13,14). The molecule has 1 aliphatic rings. The zero-order valence-corrected chi connectivity index (χ0v) is 9.62. The molecule has 0 bridgehead atoms. The molecular formula is C10H15N3OS. The second-order valence-corrected chi connectivity index (χ2v) is 4.70. The van der Waals surface area contributed by atoms with Gasteiger partial charge in [0.25, 0.3) is 5.56 Å². The summed E-state index contributed by atoms with van der Waals surface area (Å²) in [7, 11) is 1.90. The van der Waals surface area contributed by atoms with Crippen molar-refractivity contribution in [3.8, 4) is 0 Å². The number of nitrogens with zero attached hydrogens (tertiary/aromatic N) is 1. The van der Waals surface area contributed by atoms with Crippen molar-refractivity contribution in [2.45, 2.75) is 18.6 Å². The molecule has 0 aromatic carbocycles. The Bertz CT molecular complexity index is 402. The van der Waals surface area contributed by atoms with E-state index in [1.165, 1.54) is 0 Å². The number of aromatic amines is 1. The molecule has 0 amide bonds. The van der Waals surface area contributed by atoms with E-state index in [4.69, 9.17) is 0 Å². The number of aryl methyl sites for hydroxylation is 1. The van der Waals surface area contributed by atoms with Gasteiger partial charge in [0.15, 0.2) is 0 Å². The van der Waals surface area contributed by atoms with E-state index in [9.17, 15) is 4.79 Å². The molecule has 0 saturated heterocycles. The van der Waals surface area contributed by atoms with E-state index in [1.54, 1.807) is 11.8 Å². The highest BCUT2D eigenvalue weighted by atomic mass is 32.2. The highest BCUT2D eigenvalue weighted by molar-refractivity contribution is 7.98. The maximum atomic E-state index is 11.7. The Morgan fingerprint density at radius 1 is 1.60 bits per heavy atom. The average Bonchev–Trinajstić information content (AvgIpc) is 2.26. The van der Waals surface area contributed by atoms with Crippen LogP contribution < -0.4 is 10.9 Å². The van der Waals surface area contributed by atoms with E-state index in [0.717, 1.165) is 48.0 Å². The molecule has 0 radical (unpaired) electrons. The molecule has 2 heterocycles. The Balaban J connectivity index is 2.28. The SMILES string of the molecule is CNCCc1nc2c(c(=O)[nH]1)CSCC2. The number of likely N-dealkylation sites (N-methyl/N-ethyl adjacent to an activating group) is 1. The minimum Gasteiger partial charge on any atom is -0.319 e. The van der Waals surface area contributed by atoms with Crippen LogP contribution in [0.3, 0.4) is 0 Å². The second-order valence-electron chi connectivity index (χ2n) is 3.59. The van der Waals surface area contributed by atoms with E-state index >= 15 is 0 Å². The van der Waals surface area contributed by atoms with Gasteiger partial charge in [-0.05, 0) is 19.2 Å². The van der Waals surface area contributed by atoms with Gasteiger partial charge in [0.05, 0.1) is 5.69 Å². The number of thioether (sulfide) groups is 1. The topological polar surface area (TPSA) is 57.8 Å². The number of fused-ring (bicyclic) bond motifs is 1. The van der Waals surface area contributed by atoms with Crippen LogP contribution in [0, 0.1) is 0 Å². The lowest BCUT2D eigenvalue weighted by Gasteiger charge is -2.14. The lowest BCUT2D eigenvalue weighted by Crippen LogP contribution is -2.24. The van der Waals surface area contributed by atoms with Crippen molar-refractivity contribution < 1.29 is 0 Å². The van der Waals surface area contributed by atoms with E-state index in [0.29, 0.717) is 0 Å². The Morgan fingerprint density at radius 2 is 2.47 bits per heavy atom. The van der Waals surface area contributed by atoms with Crippen LogP contribution in [0.4, 0.5) is 0 Å². The fraction of sp³-hybridized carbons (Fsp3) is 0.600. The van der Waals surface area contributed by atoms with Crippen molar-refractivity contribution >= 4 is 11.8 Å². The van der Waals surface area contributed by atoms with Gasteiger partial charge >= 0.3 is 0 Å². The van der Waals surface area contributed by atoms with Gasteiger partial charge in [-0.25, -0.2) is 4.98 Å². The molecule has 1 aromatic heterocycles. The first-order valence-corrected chi connectivity index (χ1v) is 6.30. The van der Waals surface area contributed by atoms with Crippen LogP contribution in [0.2, 0.25) is 0 Å². The van der Waals surface area contributed by atoms with Crippen LogP contribution in [0.1, 0.15) is 17.1 Å². The summed E-state index contributed by atoms with van der Waals surface area (Å²) < 4.78 is 0. The molecule has 2 rings (SSSR count). The number of H-pyrrole nitrogens is 1. The van der Waals surface area contributed by atoms with Gasteiger partial charge < -0.3 is 10.3 Å². The Hall–Kier alpha value is -0.810. The normalized spacial score (nSPS) is 15.0. The Kier molecular flexibility index (Phi) is 3.43. The Labute approximate surface area is 92.9 Å². The lowest BCUT2D eigenvalue weighted by atomic mass is 10.2. The van der Waals surface area contributed by atoms with E-state index in [1.807, 2.05) is 7.05 Å². The van der Waals surface area contributed by atoms with Crippen LogP contribution in [-0.4, -0.2) is 29.3 Å². The number of nitrogens with one attached hydrogen (secondary N) is 2. The van der Waals surface area contributed by atoms with Crippen molar-refractivity contribution in [1.82, 2.24) is 15.3 Å². The molecule has 0 unspecified atom stereocenters. The number of rotatable bonds is 3. The van der Waals surface area contributed by atoms with Crippen molar-refractivity contribution in [2.75, 3.05) is 19.3 Å². The van der Waals surface area contributed by atoms with Gasteiger partial charge in [-0.2, -0.15) is 11.8 Å². The van der Waals surface area contributed by atoms with Crippen molar-refractivity contribution in [2.24, 2.45) is 0 Å². The fourth-order valence-electron chi connectivity index (χ4n) is 1.66. The molecule has 1 aromatic rings. The first kappa shape index (κ1) is 10.7. The van der Waals surface area contributed by atoms with Crippen molar-refractivity contribution in [3.05, 3.63) is 27.4 Å². The summed E-state index contributed by atoms with van der Waals surface area (Å²) in [4.78, 5) is 19.1. The van der Waals surface area contributed by atoms with E-state index in [-0.39, 0.29) is 5.56 Å². The van der Waals surface area contributed by atoms with Crippen molar-refractivity contribution in [3.63, 3.8) is 0 Å². The number of hydrogen-bond donors (Lipinski definition) is 2. The molecule has 0 saturated carbocycles. The zero-order chi connectivity index (χ0) is 10.7. The molecular weight excluding hydrogens is 210 g/mol. The van der Waals surface area contributed by atoms with Gasteiger partial charge in [0, 0.05) is 24.3 Å². The summed E-state index contributed by atoms with van der Waals surface area (Å²) in [6.45, 7) is 0.844. The third-order valence-corrected chi connectivity index (χ3v) is 3.48. The summed E-state index contributed by atoms with van der Waals surface area (Å²) >= 11 is 1.80. The summed E-state index contributed by atoms with van der Waals surface area (Å²) in [5.41, 5.74) is 1.93. The second kappa shape index (κ2) is 4.81. The molecule has 15 heavy (non-hydrogen) atoms. The van der Waals surface area contributed by atoms with Gasteiger partial charge in [0.1, 0.15) is 5.82 Å². The minimum atomic E-state index is 0.0540. The number of hydrogen-bond acceptors (Lipinski definition) is 4. The van der Waals surface area contributed by atoms with Crippen LogP contribution in [0.25, 0.3) is 0 Å². The minimum absolute atomic E-state index is 0.0540. The van der Waals surface area contributed by atoms with Crippen molar-refractivity contribution in [1.29, 1.82) is 0 Å². The molecule has 0 atom stereocenters. The Morgan fingerprint density at radius 3 is 3.27 bits per heavy atom. The maximum Gasteiger partial charge on any atom is 0.255 e. The first-order valence-electron chi connectivity index (χ1n) is 5.14. The third kappa shape index (κ3) is 2.41. The average molecular weight is 225 g/mol. The summed E-state index contributed by atoms with van der Waals surface area (Å²) in [5.74, 6) is 2.69. The predicted molar refractivity (Wildman–Crippen MR) is 62.4 cm³/mol. The molecule has 82 valence electrons. The van der Waals surface area contributed by atoms with Crippen LogP contribution >= 0.6 is 11.8 Å². The summed E-state index contributed by atoms with van der Waals surface area (Å²) in [6, 6.07) is 0. The van der Waals surface area contributed by atoms with Gasteiger partial charge in [-0.3, -0.25) is 4.79 Å². The zero-order valence-electron chi connectivity index (χ0n) is 8.80. The van der Waals surface area contributed by atoms with Crippen LogP contribution in [-0.2, 0) is 18.6 Å². The maximum absolute atomic E-state index is 11.7.